The van der Waals surface area contributed by atoms with Crippen LogP contribution in [-0.2, 0) is 10.3 Å². The van der Waals surface area contributed by atoms with E-state index >= 15 is 0 Å². The van der Waals surface area contributed by atoms with E-state index in [-0.39, 0.29) is 19.0 Å². The SMILES string of the molecule is Cl.O=S(=O)(O)N1C=NCC1. The van der Waals surface area contributed by atoms with E-state index in [9.17, 15) is 8.42 Å². The second-order valence-corrected chi connectivity index (χ2v) is 2.97. The number of halogens is 1. The van der Waals surface area contributed by atoms with Crippen LogP contribution in [0.4, 0.5) is 0 Å². The molecule has 7 heteroatoms. The lowest BCUT2D eigenvalue weighted by molar-refractivity contribution is 0.432. The average molecular weight is 187 g/mol. The highest BCUT2D eigenvalue weighted by Gasteiger charge is 2.16. The van der Waals surface area contributed by atoms with Crippen LogP contribution in [0.25, 0.3) is 0 Å². The fraction of sp³-hybridized carbons (Fsp3) is 0.667. The summed E-state index contributed by atoms with van der Waals surface area (Å²) in [6.07, 6.45) is 1.11. The van der Waals surface area contributed by atoms with E-state index in [0.717, 1.165) is 10.6 Å². The Balaban J connectivity index is 0.000000810. The lowest BCUT2D eigenvalue weighted by atomic mass is 10.7. The van der Waals surface area contributed by atoms with Gasteiger partial charge in [0.25, 0.3) is 0 Å². The van der Waals surface area contributed by atoms with E-state index < -0.39 is 10.3 Å². The zero-order valence-corrected chi connectivity index (χ0v) is 6.60. The van der Waals surface area contributed by atoms with E-state index in [2.05, 4.69) is 4.99 Å². The number of hydrogen-bond donors (Lipinski definition) is 1. The summed E-state index contributed by atoms with van der Waals surface area (Å²) in [6, 6.07) is 0. The molecule has 0 saturated carbocycles. The Morgan fingerprint density at radius 3 is 2.40 bits per heavy atom. The standard InChI is InChI=1S/C3H6N2O3S.ClH/c6-9(7,8)5-2-1-4-3-5;/h3H,1-2H2,(H,6,7,8);1H. The third-order valence-corrected chi connectivity index (χ3v) is 1.83. The molecule has 0 fully saturated rings. The summed E-state index contributed by atoms with van der Waals surface area (Å²) in [5.74, 6) is 0. The molecule has 0 unspecified atom stereocenters. The first kappa shape index (κ1) is 9.67. The van der Waals surface area contributed by atoms with Gasteiger partial charge >= 0.3 is 10.3 Å². The maximum Gasteiger partial charge on any atom is 0.360 e. The van der Waals surface area contributed by atoms with Gasteiger partial charge in [0.15, 0.2) is 0 Å². The summed E-state index contributed by atoms with van der Waals surface area (Å²) >= 11 is 0. The minimum atomic E-state index is -4.02. The summed E-state index contributed by atoms with van der Waals surface area (Å²) < 4.78 is 29.6. The van der Waals surface area contributed by atoms with Crippen molar-refractivity contribution in [2.75, 3.05) is 13.1 Å². The number of nitrogens with zero attached hydrogens (tertiary/aromatic N) is 2. The highest BCUT2D eigenvalue weighted by Crippen LogP contribution is 1.97. The van der Waals surface area contributed by atoms with Crippen LogP contribution in [0.1, 0.15) is 0 Å². The van der Waals surface area contributed by atoms with Crippen molar-refractivity contribution in [2.45, 2.75) is 0 Å². The molecule has 0 bridgehead atoms. The molecule has 0 amide bonds. The van der Waals surface area contributed by atoms with E-state index in [0.29, 0.717) is 6.54 Å². The van der Waals surface area contributed by atoms with Crippen molar-refractivity contribution in [2.24, 2.45) is 4.99 Å². The highest BCUT2D eigenvalue weighted by molar-refractivity contribution is 7.83. The van der Waals surface area contributed by atoms with E-state index in [1.807, 2.05) is 0 Å². The van der Waals surface area contributed by atoms with Crippen molar-refractivity contribution in [3.8, 4) is 0 Å². The van der Waals surface area contributed by atoms with Crippen LogP contribution >= 0.6 is 12.4 Å². The van der Waals surface area contributed by atoms with Gasteiger partial charge in [0.05, 0.1) is 13.1 Å². The van der Waals surface area contributed by atoms with Crippen molar-refractivity contribution in [1.29, 1.82) is 0 Å². The molecule has 1 aliphatic rings. The number of aliphatic imine (C=N–C) groups is 1. The number of rotatable bonds is 1. The van der Waals surface area contributed by atoms with Gasteiger partial charge in [-0.3, -0.25) is 9.55 Å². The van der Waals surface area contributed by atoms with E-state index in [1.165, 1.54) is 0 Å². The third kappa shape index (κ3) is 2.13. The van der Waals surface area contributed by atoms with Crippen molar-refractivity contribution >= 4 is 29.0 Å². The first-order valence-electron chi connectivity index (χ1n) is 2.35. The summed E-state index contributed by atoms with van der Waals surface area (Å²) in [5, 5.41) is 0. The zero-order valence-electron chi connectivity index (χ0n) is 4.97. The molecular formula is C3H7ClN2O3S. The molecule has 0 saturated heterocycles. The molecule has 1 rings (SSSR count). The summed E-state index contributed by atoms with van der Waals surface area (Å²) in [5.41, 5.74) is 0. The van der Waals surface area contributed by atoms with Crippen LogP contribution in [0.15, 0.2) is 4.99 Å². The maximum absolute atomic E-state index is 10.2. The van der Waals surface area contributed by atoms with E-state index in [1.54, 1.807) is 0 Å². The van der Waals surface area contributed by atoms with Gasteiger partial charge in [-0.1, -0.05) is 0 Å². The molecule has 1 N–H and O–H groups in total. The van der Waals surface area contributed by atoms with Gasteiger partial charge < -0.3 is 0 Å². The lowest BCUT2D eigenvalue weighted by Crippen LogP contribution is -2.26. The normalized spacial score (nSPS) is 17.1. The highest BCUT2D eigenvalue weighted by atomic mass is 35.5. The van der Waals surface area contributed by atoms with Crippen LogP contribution in [0.3, 0.4) is 0 Å². The first-order valence-corrected chi connectivity index (χ1v) is 3.74. The number of hydrogen-bond acceptors (Lipinski definition) is 3. The molecule has 1 heterocycles. The fourth-order valence-electron chi connectivity index (χ4n) is 0.538. The molecule has 0 radical (unpaired) electrons. The summed E-state index contributed by atoms with van der Waals surface area (Å²) in [7, 11) is -4.02. The molecular weight excluding hydrogens is 180 g/mol. The minimum Gasteiger partial charge on any atom is -0.273 e. The Kier molecular flexibility index (Phi) is 3.07. The molecule has 0 atom stereocenters. The molecule has 0 aliphatic carbocycles. The maximum atomic E-state index is 10.2. The average Bonchev–Trinajstić information content (AvgIpc) is 2.08. The third-order valence-electron chi connectivity index (χ3n) is 0.956. The monoisotopic (exact) mass is 186 g/mol. The summed E-state index contributed by atoms with van der Waals surface area (Å²) in [4.78, 5) is 3.59. The molecule has 0 spiro atoms. The van der Waals surface area contributed by atoms with Crippen molar-refractivity contribution in [3.05, 3.63) is 0 Å². The van der Waals surface area contributed by atoms with Crippen molar-refractivity contribution in [1.82, 2.24) is 4.31 Å². The molecule has 1 aliphatic heterocycles. The largest absolute Gasteiger partial charge is 0.360 e. The van der Waals surface area contributed by atoms with Gasteiger partial charge in [0.2, 0.25) is 0 Å². The predicted octanol–water partition coefficient (Wildman–Crippen LogP) is -0.445. The van der Waals surface area contributed by atoms with Gasteiger partial charge in [-0.05, 0) is 0 Å². The molecule has 60 valence electrons. The minimum absolute atomic E-state index is 0. The van der Waals surface area contributed by atoms with Crippen LogP contribution in [-0.4, -0.2) is 36.7 Å². The van der Waals surface area contributed by atoms with Crippen molar-refractivity contribution < 1.29 is 13.0 Å². The Morgan fingerprint density at radius 2 is 2.20 bits per heavy atom. The van der Waals surface area contributed by atoms with Gasteiger partial charge in [0, 0.05) is 0 Å². The molecule has 10 heavy (non-hydrogen) atoms. The first-order chi connectivity index (χ1) is 4.11. The summed E-state index contributed by atoms with van der Waals surface area (Å²) in [6.45, 7) is 0.679. The van der Waals surface area contributed by atoms with Crippen LogP contribution in [0.5, 0.6) is 0 Å². The quantitative estimate of drug-likeness (QED) is 0.565. The Bertz CT molecular complexity index is 224. The van der Waals surface area contributed by atoms with Crippen molar-refractivity contribution in [3.63, 3.8) is 0 Å². The van der Waals surface area contributed by atoms with Gasteiger partial charge in [-0.15, -0.1) is 12.4 Å². The van der Waals surface area contributed by atoms with Crippen LogP contribution < -0.4 is 0 Å². The predicted molar refractivity (Wildman–Crippen MR) is 38.9 cm³/mol. The van der Waals surface area contributed by atoms with Gasteiger partial charge in [0.1, 0.15) is 6.34 Å². The van der Waals surface area contributed by atoms with Gasteiger partial charge in [-0.25, -0.2) is 4.31 Å². The van der Waals surface area contributed by atoms with Gasteiger partial charge in [-0.2, -0.15) is 8.42 Å². The molecule has 0 aromatic heterocycles. The second-order valence-electron chi connectivity index (χ2n) is 1.61. The van der Waals surface area contributed by atoms with Crippen LogP contribution in [0.2, 0.25) is 0 Å². The Hall–Kier alpha value is -0.330. The van der Waals surface area contributed by atoms with E-state index in [4.69, 9.17) is 4.55 Å². The topological polar surface area (TPSA) is 70.0 Å². The smallest absolute Gasteiger partial charge is 0.273 e. The molecule has 0 aromatic carbocycles. The van der Waals surface area contributed by atoms with Crippen LogP contribution in [0, 0.1) is 0 Å². The Labute approximate surface area is 65.0 Å². The molecule has 0 aromatic rings. The Morgan fingerprint density at radius 1 is 1.60 bits per heavy atom. The second kappa shape index (κ2) is 3.18. The zero-order chi connectivity index (χ0) is 6.91. The lowest BCUT2D eigenvalue weighted by Gasteiger charge is -2.06. The fourth-order valence-corrected chi connectivity index (χ4v) is 1.04. The molecule has 5 nitrogen and oxygen atoms in total.